The molecule has 20 heavy (non-hydrogen) atoms. The average Bonchev–Trinajstić information content (AvgIpc) is 2.86. The lowest BCUT2D eigenvalue weighted by atomic mass is 10.1. The highest BCUT2D eigenvalue weighted by molar-refractivity contribution is 5.95. The summed E-state index contributed by atoms with van der Waals surface area (Å²) in [6, 6.07) is 5.72. The van der Waals surface area contributed by atoms with Crippen LogP contribution in [0.5, 0.6) is 0 Å². The first-order chi connectivity index (χ1) is 9.10. The van der Waals surface area contributed by atoms with Gasteiger partial charge in [0.2, 0.25) is 12.1 Å². The van der Waals surface area contributed by atoms with E-state index >= 15 is 0 Å². The zero-order chi connectivity index (χ0) is 13.8. The number of halogens is 1. The Kier molecular flexibility index (Phi) is 5.33. The minimum absolute atomic E-state index is 0. The Labute approximate surface area is 125 Å². The maximum atomic E-state index is 12.0. The monoisotopic (exact) mass is 337 g/mol. The van der Waals surface area contributed by atoms with Crippen molar-refractivity contribution in [2.45, 2.75) is 6.54 Å². The van der Waals surface area contributed by atoms with Crippen LogP contribution in [0.15, 0.2) is 49.6 Å². The van der Waals surface area contributed by atoms with Crippen molar-refractivity contribution in [1.82, 2.24) is 4.57 Å². The first kappa shape index (κ1) is 15.8. The highest BCUT2D eigenvalue weighted by Gasteiger charge is 2.14. The van der Waals surface area contributed by atoms with Gasteiger partial charge < -0.3 is 17.0 Å². The second-order valence-electron chi connectivity index (χ2n) is 3.95. The maximum Gasteiger partial charge on any atom is 0.270 e. The Bertz CT molecular complexity index is 652. The standard InChI is InChI=1S/C13H12N3O3.BrH/c1-2-14-6-7-15(10-14)9-13(17)11-4-3-5-12(8-11)16(18)19;/h2-8,10H,1,9H2;1H/q+1;/p-1. The molecule has 2 aromatic rings. The van der Waals surface area contributed by atoms with Crippen LogP contribution in [0.25, 0.3) is 6.20 Å². The Morgan fingerprint density at radius 3 is 2.85 bits per heavy atom. The minimum Gasteiger partial charge on any atom is -1.00 e. The second kappa shape index (κ2) is 6.76. The number of aromatic nitrogens is 2. The van der Waals surface area contributed by atoms with Gasteiger partial charge in [0.25, 0.3) is 5.69 Å². The van der Waals surface area contributed by atoms with Crippen LogP contribution in [0.2, 0.25) is 0 Å². The fraction of sp³-hybridized carbons (Fsp3) is 0.0769. The van der Waals surface area contributed by atoms with Crippen LogP contribution in [0.3, 0.4) is 0 Å². The largest absolute Gasteiger partial charge is 1.00 e. The van der Waals surface area contributed by atoms with Gasteiger partial charge in [0.15, 0.2) is 6.54 Å². The normalized spacial score (nSPS) is 9.60. The van der Waals surface area contributed by atoms with Crippen molar-refractivity contribution in [3.05, 3.63) is 65.2 Å². The summed E-state index contributed by atoms with van der Waals surface area (Å²) in [5, 5.41) is 10.7. The highest BCUT2D eigenvalue weighted by atomic mass is 79.9. The minimum atomic E-state index is -0.516. The third kappa shape index (κ3) is 3.61. The lowest BCUT2D eigenvalue weighted by Gasteiger charge is -1.98. The number of nitro benzene ring substituents is 1. The van der Waals surface area contributed by atoms with E-state index in [1.165, 1.54) is 18.2 Å². The van der Waals surface area contributed by atoms with Crippen molar-refractivity contribution in [2.75, 3.05) is 0 Å². The molecular weight excluding hydrogens is 326 g/mol. The molecule has 0 saturated carbocycles. The molecule has 0 amide bonds. The Morgan fingerprint density at radius 2 is 2.25 bits per heavy atom. The van der Waals surface area contributed by atoms with Gasteiger partial charge in [-0.1, -0.05) is 18.7 Å². The van der Waals surface area contributed by atoms with Crippen LogP contribution in [0, 0.1) is 10.1 Å². The number of rotatable bonds is 5. The molecule has 0 spiro atoms. The highest BCUT2D eigenvalue weighted by Crippen LogP contribution is 2.13. The molecule has 1 heterocycles. The molecule has 0 aliphatic heterocycles. The van der Waals surface area contributed by atoms with Crippen molar-refractivity contribution < 1.29 is 31.3 Å². The summed E-state index contributed by atoms with van der Waals surface area (Å²) in [5.41, 5.74) is 0.243. The van der Waals surface area contributed by atoms with Crippen molar-refractivity contribution in [2.24, 2.45) is 0 Å². The molecule has 0 radical (unpaired) electrons. The topological polar surface area (TPSA) is 69.0 Å². The van der Waals surface area contributed by atoms with E-state index in [0.29, 0.717) is 5.56 Å². The molecule has 0 aliphatic rings. The van der Waals surface area contributed by atoms with Gasteiger partial charge in [0.1, 0.15) is 12.4 Å². The lowest BCUT2D eigenvalue weighted by molar-refractivity contribution is -0.682. The summed E-state index contributed by atoms with van der Waals surface area (Å²) in [6.45, 7) is 3.73. The predicted octanol–water partition coefficient (Wildman–Crippen LogP) is -1.33. The van der Waals surface area contributed by atoms with Gasteiger partial charge in [-0.25, -0.2) is 9.13 Å². The van der Waals surface area contributed by atoms with Gasteiger partial charge in [-0.3, -0.25) is 14.9 Å². The summed E-state index contributed by atoms with van der Waals surface area (Å²) in [7, 11) is 0. The van der Waals surface area contributed by atoms with Gasteiger partial charge in [0, 0.05) is 17.7 Å². The zero-order valence-electron chi connectivity index (χ0n) is 10.5. The number of hydrogen-bond donors (Lipinski definition) is 0. The number of imidazole rings is 1. The number of nitro groups is 1. The smallest absolute Gasteiger partial charge is 0.270 e. The number of Topliss-reactive ketones (excluding diaryl/α,β-unsaturated/α-hetero) is 1. The summed E-state index contributed by atoms with van der Waals surface area (Å²) in [4.78, 5) is 22.1. The third-order valence-corrected chi connectivity index (χ3v) is 2.63. The summed E-state index contributed by atoms with van der Waals surface area (Å²) in [5.74, 6) is -0.185. The number of non-ortho nitro benzene ring substituents is 1. The van der Waals surface area contributed by atoms with E-state index < -0.39 is 4.92 Å². The van der Waals surface area contributed by atoms with Gasteiger partial charge >= 0.3 is 0 Å². The fourth-order valence-corrected chi connectivity index (χ4v) is 1.66. The van der Waals surface area contributed by atoms with Crippen LogP contribution in [-0.4, -0.2) is 15.3 Å². The Morgan fingerprint density at radius 1 is 1.50 bits per heavy atom. The van der Waals surface area contributed by atoms with Gasteiger partial charge in [-0.05, 0) is 0 Å². The van der Waals surface area contributed by atoms with E-state index in [0.717, 1.165) is 0 Å². The summed E-state index contributed by atoms with van der Waals surface area (Å²) < 4.78 is 3.39. The molecule has 0 saturated heterocycles. The second-order valence-corrected chi connectivity index (χ2v) is 3.95. The summed E-state index contributed by atoms with van der Waals surface area (Å²) >= 11 is 0. The van der Waals surface area contributed by atoms with Crippen LogP contribution >= 0.6 is 0 Å². The van der Waals surface area contributed by atoms with Crippen molar-refractivity contribution >= 4 is 17.7 Å². The molecule has 0 aliphatic carbocycles. The fourth-order valence-electron chi connectivity index (χ4n) is 1.66. The maximum absolute atomic E-state index is 12.0. The Balaban J connectivity index is 0.00000200. The number of benzene rings is 1. The molecule has 0 fully saturated rings. The van der Waals surface area contributed by atoms with Crippen molar-refractivity contribution in [3.8, 4) is 0 Å². The molecule has 6 nitrogen and oxygen atoms in total. The molecule has 0 bridgehead atoms. The number of carbonyl (C=O) groups excluding carboxylic acids is 1. The summed E-state index contributed by atoms with van der Waals surface area (Å²) in [6.07, 6.45) is 6.81. The average molecular weight is 338 g/mol. The third-order valence-electron chi connectivity index (χ3n) is 2.63. The number of ketones is 1. The quantitative estimate of drug-likeness (QED) is 0.294. The number of nitrogens with zero attached hydrogens (tertiary/aromatic N) is 3. The molecule has 2 rings (SSSR count). The van der Waals surface area contributed by atoms with Gasteiger partial charge in [0.05, 0.1) is 11.1 Å². The molecule has 7 heteroatoms. The number of carbonyl (C=O) groups is 1. The molecule has 1 aromatic heterocycles. The predicted molar refractivity (Wildman–Crippen MR) is 68.4 cm³/mol. The SMILES string of the molecule is C=Cn1cc[n+](CC(=O)c2cccc([N+](=O)[O-])c2)c1.[Br-]. The first-order valence-electron chi connectivity index (χ1n) is 5.57. The van der Waals surface area contributed by atoms with Crippen LogP contribution in [0.1, 0.15) is 10.4 Å². The molecule has 0 atom stereocenters. The van der Waals surface area contributed by atoms with Crippen LogP contribution in [-0.2, 0) is 6.54 Å². The van der Waals surface area contributed by atoms with Crippen LogP contribution < -0.4 is 21.5 Å². The first-order valence-corrected chi connectivity index (χ1v) is 5.57. The Hall–Kier alpha value is -2.28. The van der Waals surface area contributed by atoms with Crippen LogP contribution in [0.4, 0.5) is 5.69 Å². The molecule has 0 unspecified atom stereocenters. The lowest BCUT2D eigenvalue weighted by Crippen LogP contribution is -3.00. The van der Waals surface area contributed by atoms with Crippen molar-refractivity contribution in [3.63, 3.8) is 0 Å². The molecule has 0 N–H and O–H groups in total. The molecule has 104 valence electrons. The van der Waals surface area contributed by atoms with Gasteiger partial charge in [-0.15, -0.1) is 0 Å². The number of hydrogen-bond acceptors (Lipinski definition) is 3. The van der Waals surface area contributed by atoms with E-state index in [4.69, 9.17) is 0 Å². The zero-order valence-corrected chi connectivity index (χ0v) is 12.1. The van der Waals surface area contributed by atoms with E-state index in [2.05, 4.69) is 6.58 Å². The van der Waals surface area contributed by atoms with E-state index in [1.807, 2.05) is 0 Å². The van der Waals surface area contributed by atoms with E-state index in [-0.39, 0.29) is 35.0 Å². The van der Waals surface area contributed by atoms with E-state index in [9.17, 15) is 14.9 Å². The molecular formula is C13H12BrN3O3. The van der Waals surface area contributed by atoms with E-state index in [1.54, 1.807) is 40.1 Å². The molecule has 1 aromatic carbocycles. The van der Waals surface area contributed by atoms with Crippen molar-refractivity contribution in [1.29, 1.82) is 0 Å². The van der Waals surface area contributed by atoms with Gasteiger partial charge in [-0.2, -0.15) is 0 Å².